The lowest BCUT2D eigenvalue weighted by molar-refractivity contribution is 0.578. The van der Waals surface area contributed by atoms with Crippen molar-refractivity contribution in [3.8, 4) is 6.07 Å². The van der Waals surface area contributed by atoms with Gasteiger partial charge in [-0.05, 0) is 35.0 Å². The van der Waals surface area contributed by atoms with Gasteiger partial charge < -0.3 is 4.42 Å². The zero-order chi connectivity index (χ0) is 11.0. The highest BCUT2D eigenvalue weighted by Crippen LogP contribution is 2.23. The minimum absolute atomic E-state index is 0.0689. The molecule has 0 saturated carbocycles. The van der Waals surface area contributed by atoms with Gasteiger partial charge in [0, 0.05) is 0 Å². The van der Waals surface area contributed by atoms with Crippen LogP contribution in [0.25, 0.3) is 11.0 Å². The van der Waals surface area contributed by atoms with Gasteiger partial charge in [-0.1, -0.05) is 6.07 Å². The SMILES string of the molecule is Cc1c(C#N)oc2c(Br)cccc2c1=O. The van der Waals surface area contributed by atoms with E-state index < -0.39 is 0 Å². The summed E-state index contributed by atoms with van der Waals surface area (Å²) in [5, 5.41) is 9.28. The molecule has 0 amide bonds. The van der Waals surface area contributed by atoms with Crippen LogP contribution in [0.2, 0.25) is 0 Å². The highest BCUT2D eigenvalue weighted by Gasteiger charge is 2.11. The number of hydrogen-bond acceptors (Lipinski definition) is 3. The molecule has 0 spiro atoms. The number of para-hydroxylation sites is 1. The second-order valence-electron chi connectivity index (χ2n) is 3.11. The molecule has 0 bridgehead atoms. The zero-order valence-electron chi connectivity index (χ0n) is 7.87. The van der Waals surface area contributed by atoms with Gasteiger partial charge in [-0.2, -0.15) is 5.26 Å². The van der Waals surface area contributed by atoms with E-state index in [0.717, 1.165) is 0 Å². The van der Waals surface area contributed by atoms with Gasteiger partial charge in [-0.15, -0.1) is 0 Å². The monoisotopic (exact) mass is 263 g/mol. The molecule has 1 aromatic carbocycles. The number of benzene rings is 1. The molecule has 0 N–H and O–H groups in total. The maximum atomic E-state index is 11.8. The standard InChI is InChI=1S/C11H6BrNO2/c1-6-9(5-13)15-11-7(10(6)14)3-2-4-8(11)12/h2-4H,1H3. The number of fused-ring (bicyclic) bond motifs is 1. The average molecular weight is 264 g/mol. The first kappa shape index (κ1) is 9.94. The van der Waals surface area contributed by atoms with Crippen LogP contribution in [0, 0.1) is 18.3 Å². The van der Waals surface area contributed by atoms with Crippen molar-refractivity contribution in [3.05, 3.63) is 44.2 Å². The van der Waals surface area contributed by atoms with Crippen molar-refractivity contribution in [2.24, 2.45) is 0 Å². The predicted octanol–water partition coefficient (Wildman–Crippen LogP) is 2.74. The normalized spacial score (nSPS) is 10.2. The minimum atomic E-state index is -0.158. The fraction of sp³-hybridized carbons (Fsp3) is 0.0909. The molecule has 0 atom stereocenters. The van der Waals surface area contributed by atoms with Crippen molar-refractivity contribution in [1.82, 2.24) is 0 Å². The van der Waals surface area contributed by atoms with Gasteiger partial charge in [-0.3, -0.25) is 4.79 Å². The summed E-state index contributed by atoms with van der Waals surface area (Å²) < 4.78 is 6.02. The summed E-state index contributed by atoms with van der Waals surface area (Å²) in [6.07, 6.45) is 0. The van der Waals surface area contributed by atoms with Crippen LogP contribution in [0.15, 0.2) is 31.9 Å². The van der Waals surface area contributed by atoms with Gasteiger partial charge in [0.2, 0.25) is 5.76 Å². The zero-order valence-corrected chi connectivity index (χ0v) is 9.46. The third-order valence-corrected chi connectivity index (χ3v) is 2.82. The summed E-state index contributed by atoms with van der Waals surface area (Å²) in [6.45, 7) is 1.59. The Kier molecular flexibility index (Phi) is 2.33. The van der Waals surface area contributed by atoms with E-state index in [4.69, 9.17) is 9.68 Å². The Hall–Kier alpha value is -1.60. The van der Waals surface area contributed by atoms with Crippen LogP contribution in [0.3, 0.4) is 0 Å². The van der Waals surface area contributed by atoms with E-state index in [0.29, 0.717) is 21.0 Å². The number of nitriles is 1. The van der Waals surface area contributed by atoms with Crippen molar-refractivity contribution in [2.45, 2.75) is 6.92 Å². The second kappa shape index (κ2) is 3.52. The molecule has 0 unspecified atom stereocenters. The molecular formula is C11H6BrNO2. The van der Waals surface area contributed by atoms with Crippen LogP contribution >= 0.6 is 15.9 Å². The Morgan fingerprint density at radius 2 is 2.20 bits per heavy atom. The fourth-order valence-corrected chi connectivity index (χ4v) is 1.83. The van der Waals surface area contributed by atoms with Crippen LogP contribution in [-0.2, 0) is 0 Å². The van der Waals surface area contributed by atoms with Gasteiger partial charge in [0.15, 0.2) is 11.0 Å². The van der Waals surface area contributed by atoms with E-state index in [1.54, 1.807) is 25.1 Å². The van der Waals surface area contributed by atoms with Crippen LogP contribution in [0.5, 0.6) is 0 Å². The second-order valence-corrected chi connectivity index (χ2v) is 3.97. The molecule has 4 heteroatoms. The summed E-state index contributed by atoms with van der Waals surface area (Å²) in [5.41, 5.74) is 0.613. The van der Waals surface area contributed by atoms with Crippen molar-refractivity contribution >= 4 is 26.9 Å². The van der Waals surface area contributed by atoms with Gasteiger partial charge in [0.05, 0.1) is 15.4 Å². The quantitative estimate of drug-likeness (QED) is 0.735. The number of rotatable bonds is 0. The van der Waals surface area contributed by atoms with Crippen molar-refractivity contribution in [3.63, 3.8) is 0 Å². The molecule has 0 radical (unpaired) electrons. The number of halogens is 1. The van der Waals surface area contributed by atoms with E-state index in [-0.39, 0.29) is 11.2 Å². The Labute approximate surface area is 94.1 Å². The van der Waals surface area contributed by atoms with Crippen molar-refractivity contribution in [1.29, 1.82) is 5.26 Å². The summed E-state index contributed by atoms with van der Waals surface area (Å²) in [7, 11) is 0. The molecule has 3 nitrogen and oxygen atoms in total. The molecule has 15 heavy (non-hydrogen) atoms. The Morgan fingerprint density at radius 1 is 1.47 bits per heavy atom. The van der Waals surface area contributed by atoms with E-state index in [9.17, 15) is 4.79 Å². The lowest BCUT2D eigenvalue weighted by Gasteiger charge is -2.01. The van der Waals surface area contributed by atoms with Gasteiger partial charge in [-0.25, -0.2) is 0 Å². The Bertz CT molecular complexity index is 637. The molecule has 1 heterocycles. The Morgan fingerprint density at radius 3 is 2.87 bits per heavy atom. The highest BCUT2D eigenvalue weighted by molar-refractivity contribution is 9.10. The van der Waals surface area contributed by atoms with Gasteiger partial charge in [0.25, 0.3) is 0 Å². The van der Waals surface area contributed by atoms with Crippen LogP contribution < -0.4 is 5.43 Å². The van der Waals surface area contributed by atoms with Gasteiger partial charge in [0.1, 0.15) is 6.07 Å². The summed E-state index contributed by atoms with van der Waals surface area (Å²) in [6, 6.07) is 7.07. The first-order valence-corrected chi connectivity index (χ1v) is 5.06. The molecule has 1 aromatic heterocycles. The largest absolute Gasteiger partial charge is 0.444 e. The van der Waals surface area contributed by atoms with Crippen molar-refractivity contribution < 1.29 is 4.42 Å². The molecule has 0 aliphatic carbocycles. The van der Waals surface area contributed by atoms with Crippen LogP contribution in [0.1, 0.15) is 11.3 Å². The minimum Gasteiger partial charge on any atom is -0.444 e. The molecule has 2 rings (SSSR count). The molecular weight excluding hydrogens is 258 g/mol. The smallest absolute Gasteiger partial charge is 0.210 e. The first-order chi connectivity index (χ1) is 7.15. The third kappa shape index (κ3) is 1.45. The summed E-state index contributed by atoms with van der Waals surface area (Å²) in [4.78, 5) is 11.8. The van der Waals surface area contributed by atoms with E-state index in [1.165, 1.54) is 0 Å². The summed E-state index contributed by atoms with van der Waals surface area (Å²) >= 11 is 3.28. The molecule has 74 valence electrons. The maximum absolute atomic E-state index is 11.8. The maximum Gasteiger partial charge on any atom is 0.210 e. The van der Waals surface area contributed by atoms with E-state index in [2.05, 4.69) is 15.9 Å². The average Bonchev–Trinajstić information content (AvgIpc) is 2.24. The van der Waals surface area contributed by atoms with E-state index in [1.807, 2.05) is 6.07 Å². The lowest BCUT2D eigenvalue weighted by atomic mass is 10.1. The van der Waals surface area contributed by atoms with Crippen molar-refractivity contribution in [2.75, 3.05) is 0 Å². The first-order valence-electron chi connectivity index (χ1n) is 4.27. The molecule has 0 saturated heterocycles. The Balaban J connectivity index is 3.06. The molecule has 2 aromatic rings. The van der Waals surface area contributed by atoms with Crippen LogP contribution in [-0.4, -0.2) is 0 Å². The highest BCUT2D eigenvalue weighted by atomic mass is 79.9. The number of nitrogens with zero attached hydrogens (tertiary/aromatic N) is 1. The molecule has 0 aliphatic heterocycles. The third-order valence-electron chi connectivity index (χ3n) is 2.20. The molecule has 0 aliphatic rings. The van der Waals surface area contributed by atoms with E-state index >= 15 is 0 Å². The lowest BCUT2D eigenvalue weighted by Crippen LogP contribution is -2.07. The predicted molar refractivity (Wildman–Crippen MR) is 59.6 cm³/mol. The topological polar surface area (TPSA) is 54.0 Å². The number of hydrogen-bond donors (Lipinski definition) is 0. The molecule has 0 fully saturated rings. The summed E-state index contributed by atoms with van der Waals surface area (Å²) in [5.74, 6) is 0.0689. The van der Waals surface area contributed by atoms with Gasteiger partial charge >= 0.3 is 0 Å². The van der Waals surface area contributed by atoms with Crippen LogP contribution in [0.4, 0.5) is 0 Å². The fourth-order valence-electron chi connectivity index (χ4n) is 1.38.